The van der Waals surface area contributed by atoms with Gasteiger partial charge >= 0.3 is 6.03 Å². The van der Waals surface area contributed by atoms with Crippen LogP contribution in [0.2, 0.25) is 0 Å². The number of rotatable bonds is 4. The number of nitrogens with two attached hydrogens (primary N) is 1. The van der Waals surface area contributed by atoms with E-state index in [1.54, 1.807) is 0 Å². The molecule has 0 radical (unpaired) electrons. The van der Waals surface area contributed by atoms with Gasteiger partial charge in [0.15, 0.2) is 0 Å². The number of hydrogen-bond acceptors (Lipinski definition) is 4. The molecule has 0 aromatic carbocycles. The molecule has 2 unspecified atom stereocenters. The summed E-state index contributed by atoms with van der Waals surface area (Å²) < 4.78 is 5.27. The summed E-state index contributed by atoms with van der Waals surface area (Å²) in [6, 6.07) is 0.697. The largest absolute Gasteiger partial charge is 0.379 e. The number of carbonyl (C=O) groups is 1. The molecule has 19 heavy (non-hydrogen) atoms. The van der Waals surface area contributed by atoms with E-state index < -0.39 is 0 Å². The fourth-order valence-corrected chi connectivity index (χ4v) is 2.78. The molecule has 110 valence electrons. The molecule has 2 rings (SSSR count). The number of nitrogens with zero attached hydrogens (tertiary/aromatic N) is 2. The Kier molecular flexibility index (Phi) is 5.42. The van der Waals surface area contributed by atoms with Gasteiger partial charge in [-0.25, -0.2) is 4.79 Å². The summed E-state index contributed by atoms with van der Waals surface area (Å²) in [5.41, 5.74) is 5.77. The number of hydrogen-bond donors (Lipinski definition) is 2. The fraction of sp³-hybridized carbons (Fsp3) is 0.923. The van der Waals surface area contributed by atoms with E-state index in [-0.39, 0.29) is 12.1 Å². The Hall–Kier alpha value is -0.850. The second-order valence-electron chi connectivity index (χ2n) is 5.33. The monoisotopic (exact) mass is 270 g/mol. The number of urea groups is 1. The van der Waals surface area contributed by atoms with Crippen LogP contribution >= 0.6 is 0 Å². The van der Waals surface area contributed by atoms with Crippen LogP contribution < -0.4 is 11.1 Å². The molecule has 0 aromatic heterocycles. The van der Waals surface area contributed by atoms with Crippen LogP contribution in [0, 0.1) is 0 Å². The molecule has 2 aliphatic rings. The normalized spacial score (nSPS) is 26.4. The molecule has 0 bridgehead atoms. The quantitative estimate of drug-likeness (QED) is 0.745. The lowest BCUT2D eigenvalue weighted by molar-refractivity contribution is 0.106. The van der Waals surface area contributed by atoms with E-state index in [2.05, 4.69) is 17.1 Å². The van der Waals surface area contributed by atoms with Crippen LogP contribution in [0.25, 0.3) is 0 Å². The zero-order valence-electron chi connectivity index (χ0n) is 11.8. The summed E-state index contributed by atoms with van der Waals surface area (Å²) in [6.07, 6.45) is 2.00. The molecule has 0 spiro atoms. The molecule has 2 atom stereocenters. The first-order valence-electron chi connectivity index (χ1n) is 7.32. The number of carbonyl (C=O) groups excluding carboxylic acids is 1. The first-order chi connectivity index (χ1) is 9.24. The molecular formula is C13H26N4O2. The van der Waals surface area contributed by atoms with E-state index in [1.807, 2.05) is 4.90 Å². The summed E-state index contributed by atoms with van der Waals surface area (Å²) >= 11 is 0. The van der Waals surface area contributed by atoms with Crippen molar-refractivity contribution in [3.63, 3.8) is 0 Å². The van der Waals surface area contributed by atoms with E-state index in [0.29, 0.717) is 19.2 Å². The predicted octanol–water partition coefficient (Wildman–Crippen LogP) is -0.160. The van der Waals surface area contributed by atoms with E-state index >= 15 is 0 Å². The van der Waals surface area contributed by atoms with Crippen molar-refractivity contribution in [2.75, 3.05) is 45.9 Å². The molecule has 2 saturated heterocycles. The minimum atomic E-state index is 0.0518. The van der Waals surface area contributed by atoms with E-state index in [0.717, 1.165) is 45.6 Å². The fourth-order valence-electron chi connectivity index (χ4n) is 2.78. The lowest BCUT2D eigenvalue weighted by Gasteiger charge is -2.38. The third-order valence-corrected chi connectivity index (χ3v) is 4.12. The molecule has 2 heterocycles. The van der Waals surface area contributed by atoms with E-state index in [9.17, 15) is 4.79 Å². The molecule has 6 heteroatoms. The number of amides is 2. The highest BCUT2D eigenvalue weighted by molar-refractivity contribution is 5.74. The van der Waals surface area contributed by atoms with Gasteiger partial charge in [-0.3, -0.25) is 4.90 Å². The average Bonchev–Trinajstić information content (AvgIpc) is 2.94. The number of nitrogens with one attached hydrogen (secondary N) is 1. The second kappa shape index (κ2) is 7.07. The van der Waals surface area contributed by atoms with Gasteiger partial charge in [0, 0.05) is 45.4 Å². The smallest absolute Gasteiger partial charge is 0.317 e. The molecule has 0 aliphatic carbocycles. The summed E-state index contributed by atoms with van der Waals surface area (Å²) in [4.78, 5) is 16.4. The second-order valence-corrected chi connectivity index (χ2v) is 5.33. The zero-order valence-corrected chi connectivity index (χ0v) is 11.8. The SMILES string of the molecule is CCC(CN)N1CCN(C(=O)NC2CCOC2)CC1. The van der Waals surface area contributed by atoms with Crippen LogP contribution in [-0.2, 0) is 4.74 Å². The molecule has 0 saturated carbocycles. The summed E-state index contributed by atoms with van der Waals surface area (Å²) in [5, 5.41) is 3.04. The third-order valence-electron chi connectivity index (χ3n) is 4.12. The van der Waals surface area contributed by atoms with Gasteiger partial charge in [0.1, 0.15) is 0 Å². The molecule has 6 nitrogen and oxygen atoms in total. The van der Waals surface area contributed by atoms with Gasteiger partial charge < -0.3 is 20.7 Å². The van der Waals surface area contributed by atoms with Crippen molar-refractivity contribution in [1.82, 2.24) is 15.1 Å². The van der Waals surface area contributed by atoms with Crippen molar-refractivity contribution in [3.8, 4) is 0 Å². The molecular weight excluding hydrogens is 244 g/mol. The lowest BCUT2D eigenvalue weighted by Crippen LogP contribution is -2.56. The average molecular weight is 270 g/mol. The molecule has 2 aliphatic heterocycles. The van der Waals surface area contributed by atoms with Crippen LogP contribution in [0.15, 0.2) is 0 Å². The number of piperazine rings is 1. The standard InChI is InChI=1S/C13H26N4O2/c1-2-12(9-14)16-4-6-17(7-5-16)13(18)15-11-3-8-19-10-11/h11-12H,2-10,14H2,1H3,(H,15,18). The highest BCUT2D eigenvalue weighted by atomic mass is 16.5. The van der Waals surface area contributed by atoms with Crippen molar-refractivity contribution in [3.05, 3.63) is 0 Å². The van der Waals surface area contributed by atoms with Gasteiger partial charge in [-0.15, -0.1) is 0 Å². The highest BCUT2D eigenvalue weighted by Gasteiger charge is 2.26. The van der Waals surface area contributed by atoms with Crippen LogP contribution in [-0.4, -0.2) is 73.9 Å². The van der Waals surface area contributed by atoms with Gasteiger partial charge in [0.05, 0.1) is 12.6 Å². The highest BCUT2D eigenvalue weighted by Crippen LogP contribution is 2.10. The Balaban J connectivity index is 1.74. The summed E-state index contributed by atoms with van der Waals surface area (Å²) in [6.45, 7) is 7.68. The minimum absolute atomic E-state index is 0.0518. The summed E-state index contributed by atoms with van der Waals surface area (Å²) in [7, 11) is 0. The van der Waals surface area contributed by atoms with E-state index in [1.165, 1.54) is 0 Å². The molecule has 3 N–H and O–H groups in total. The Labute approximate surface area is 115 Å². The van der Waals surface area contributed by atoms with Gasteiger partial charge in [0.25, 0.3) is 0 Å². The topological polar surface area (TPSA) is 70.8 Å². The Morgan fingerprint density at radius 2 is 2.16 bits per heavy atom. The Bertz CT molecular complexity index is 282. The Morgan fingerprint density at radius 3 is 2.68 bits per heavy atom. The summed E-state index contributed by atoms with van der Waals surface area (Å²) in [5.74, 6) is 0. The maximum atomic E-state index is 12.1. The number of ether oxygens (including phenoxy) is 1. The van der Waals surface area contributed by atoms with Crippen molar-refractivity contribution in [2.45, 2.75) is 31.8 Å². The third kappa shape index (κ3) is 3.81. The molecule has 2 amide bonds. The van der Waals surface area contributed by atoms with Crippen molar-refractivity contribution in [1.29, 1.82) is 0 Å². The molecule has 0 aromatic rings. The zero-order chi connectivity index (χ0) is 13.7. The maximum Gasteiger partial charge on any atom is 0.317 e. The Morgan fingerprint density at radius 1 is 1.42 bits per heavy atom. The van der Waals surface area contributed by atoms with Crippen molar-refractivity contribution >= 4 is 6.03 Å². The van der Waals surface area contributed by atoms with Crippen molar-refractivity contribution < 1.29 is 9.53 Å². The van der Waals surface area contributed by atoms with Crippen LogP contribution in [0.4, 0.5) is 4.79 Å². The first kappa shape index (κ1) is 14.6. The molecule has 2 fully saturated rings. The van der Waals surface area contributed by atoms with Gasteiger partial charge in [-0.05, 0) is 12.8 Å². The maximum absolute atomic E-state index is 12.1. The van der Waals surface area contributed by atoms with E-state index in [4.69, 9.17) is 10.5 Å². The lowest BCUT2D eigenvalue weighted by atomic mass is 10.1. The first-order valence-corrected chi connectivity index (χ1v) is 7.32. The van der Waals surface area contributed by atoms with Crippen molar-refractivity contribution in [2.24, 2.45) is 5.73 Å². The van der Waals surface area contributed by atoms with Gasteiger partial charge in [0.2, 0.25) is 0 Å². The minimum Gasteiger partial charge on any atom is -0.379 e. The van der Waals surface area contributed by atoms with Gasteiger partial charge in [-0.2, -0.15) is 0 Å². The van der Waals surface area contributed by atoms with Gasteiger partial charge in [-0.1, -0.05) is 6.92 Å². The van der Waals surface area contributed by atoms with Crippen LogP contribution in [0.5, 0.6) is 0 Å². The van der Waals surface area contributed by atoms with Crippen LogP contribution in [0.1, 0.15) is 19.8 Å². The predicted molar refractivity (Wildman–Crippen MR) is 74.0 cm³/mol. The van der Waals surface area contributed by atoms with Crippen LogP contribution in [0.3, 0.4) is 0 Å².